The number of ether oxygens (including phenoxy) is 1. The average molecular weight is 337 g/mol. The Morgan fingerprint density at radius 1 is 1.46 bits per heavy atom. The fraction of sp³-hybridized carbons (Fsp3) is 0.562. The molecule has 1 aromatic rings. The largest absolute Gasteiger partial charge is 0.469 e. The molecule has 0 bridgehead atoms. The number of nitrogens with one attached hydrogen (secondary N) is 1. The van der Waals surface area contributed by atoms with E-state index in [2.05, 4.69) is 10.1 Å². The Hall–Kier alpha value is -2.35. The van der Waals surface area contributed by atoms with E-state index in [1.54, 1.807) is 16.8 Å². The fourth-order valence-corrected chi connectivity index (χ4v) is 2.60. The van der Waals surface area contributed by atoms with Gasteiger partial charge in [0.25, 0.3) is 0 Å². The monoisotopic (exact) mass is 337 g/mol. The Balaban J connectivity index is 1.96. The number of hydrogen-bond donors (Lipinski definition) is 1. The fourth-order valence-electron chi connectivity index (χ4n) is 2.60. The van der Waals surface area contributed by atoms with Crippen LogP contribution in [-0.2, 0) is 25.7 Å². The SMILES string of the molecule is COC(=O)CC1C(=O)NCCN1CC(=O)N(C)Cc1ccc(C)o1. The van der Waals surface area contributed by atoms with Gasteiger partial charge in [-0.25, -0.2) is 0 Å². The van der Waals surface area contributed by atoms with Gasteiger partial charge in [-0.1, -0.05) is 0 Å². The maximum atomic E-state index is 12.4. The summed E-state index contributed by atoms with van der Waals surface area (Å²) in [6, 6.07) is 2.98. The first-order chi connectivity index (χ1) is 11.4. The number of methoxy groups -OCH3 is 1. The van der Waals surface area contributed by atoms with Crippen molar-refractivity contribution in [3.05, 3.63) is 23.7 Å². The third kappa shape index (κ3) is 4.58. The number of rotatable bonds is 6. The topological polar surface area (TPSA) is 92.1 Å². The molecule has 1 fully saturated rings. The molecule has 1 atom stereocenters. The Morgan fingerprint density at radius 3 is 2.83 bits per heavy atom. The molecule has 8 nitrogen and oxygen atoms in total. The summed E-state index contributed by atoms with van der Waals surface area (Å²) in [7, 11) is 2.96. The predicted molar refractivity (Wildman–Crippen MR) is 84.9 cm³/mol. The van der Waals surface area contributed by atoms with Gasteiger partial charge in [0, 0.05) is 20.1 Å². The summed E-state index contributed by atoms with van der Waals surface area (Å²) < 4.78 is 10.1. The molecule has 132 valence electrons. The second-order valence-corrected chi connectivity index (χ2v) is 5.82. The Morgan fingerprint density at radius 2 is 2.21 bits per heavy atom. The van der Waals surface area contributed by atoms with E-state index in [-0.39, 0.29) is 24.8 Å². The highest BCUT2D eigenvalue weighted by Crippen LogP contribution is 2.12. The van der Waals surface area contributed by atoms with Gasteiger partial charge in [-0.05, 0) is 19.1 Å². The van der Waals surface area contributed by atoms with E-state index < -0.39 is 12.0 Å². The van der Waals surface area contributed by atoms with Crippen molar-refractivity contribution in [1.82, 2.24) is 15.1 Å². The first kappa shape index (κ1) is 18.0. The number of likely N-dealkylation sites (N-methyl/N-ethyl adjacent to an activating group) is 1. The normalized spacial score (nSPS) is 18.1. The molecule has 1 aromatic heterocycles. The van der Waals surface area contributed by atoms with Crippen molar-refractivity contribution in [2.45, 2.75) is 25.9 Å². The molecule has 1 N–H and O–H groups in total. The molecule has 2 amide bonds. The van der Waals surface area contributed by atoms with Crippen LogP contribution in [0.2, 0.25) is 0 Å². The van der Waals surface area contributed by atoms with Gasteiger partial charge in [0.15, 0.2) is 0 Å². The lowest BCUT2D eigenvalue weighted by atomic mass is 10.1. The summed E-state index contributed by atoms with van der Waals surface area (Å²) >= 11 is 0. The van der Waals surface area contributed by atoms with E-state index in [9.17, 15) is 14.4 Å². The lowest BCUT2D eigenvalue weighted by Crippen LogP contribution is -2.58. The highest BCUT2D eigenvalue weighted by Gasteiger charge is 2.33. The van der Waals surface area contributed by atoms with Crippen molar-refractivity contribution < 1.29 is 23.5 Å². The molecule has 1 aliphatic rings. The van der Waals surface area contributed by atoms with Gasteiger partial charge in [-0.15, -0.1) is 0 Å². The van der Waals surface area contributed by atoms with Gasteiger partial charge in [-0.3, -0.25) is 19.3 Å². The van der Waals surface area contributed by atoms with Gasteiger partial charge < -0.3 is 19.4 Å². The molecule has 8 heteroatoms. The van der Waals surface area contributed by atoms with E-state index in [0.29, 0.717) is 25.4 Å². The highest BCUT2D eigenvalue weighted by molar-refractivity contribution is 5.88. The van der Waals surface area contributed by atoms with Crippen molar-refractivity contribution in [3.8, 4) is 0 Å². The van der Waals surface area contributed by atoms with Crippen LogP contribution in [0.3, 0.4) is 0 Å². The van der Waals surface area contributed by atoms with Crippen LogP contribution in [0.4, 0.5) is 0 Å². The summed E-state index contributed by atoms with van der Waals surface area (Å²) in [6.07, 6.45) is -0.0727. The predicted octanol–water partition coefficient (Wildman–Crippen LogP) is -0.0901. The number of esters is 1. The minimum Gasteiger partial charge on any atom is -0.469 e. The number of hydrogen-bond acceptors (Lipinski definition) is 6. The van der Waals surface area contributed by atoms with Crippen molar-refractivity contribution in [3.63, 3.8) is 0 Å². The molecule has 1 unspecified atom stereocenters. The second kappa shape index (κ2) is 7.96. The van der Waals surface area contributed by atoms with Gasteiger partial charge >= 0.3 is 5.97 Å². The quantitative estimate of drug-likeness (QED) is 0.730. The van der Waals surface area contributed by atoms with Crippen molar-refractivity contribution in [2.75, 3.05) is 33.8 Å². The van der Waals surface area contributed by atoms with Crippen LogP contribution in [0.5, 0.6) is 0 Å². The van der Waals surface area contributed by atoms with Gasteiger partial charge in [-0.2, -0.15) is 0 Å². The number of amides is 2. The lowest BCUT2D eigenvalue weighted by molar-refractivity contribution is -0.147. The summed E-state index contributed by atoms with van der Waals surface area (Å²) in [5, 5.41) is 2.71. The molecule has 1 saturated heterocycles. The molecule has 0 radical (unpaired) electrons. The van der Waals surface area contributed by atoms with Crippen LogP contribution in [0, 0.1) is 6.92 Å². The smallest absolute Gasteiger partial charge is 0.307 e. The molecule has 1 aliphatic heterocycles. The third-order valence-corrected chi connectivity index (χ3v) is 3.98. The molecule has 0 aliphatic carbocycles. The number of carbonyl (C=O) groups excluding carboxylic acids is 3. The molecular weight excluding hydrogens is 314 g/mol. The van der Waals surface area contributed by atoms with Crippen LogP contribution in [0.1, 0.15) is 17.9 Å². The molecule has 0 spiro atoms. The van der Waals surface area contributed by atoms with Crippen molar-refractivity contribution in [1.29, 1.82) is 0 Å². The summed E-state index contributed by atoms with van der Waals surface area (Å²) in [5.74, 6) is 0.605. The molecule has 0 aromatic carbocycles. The van der Waals surface area contributed by atoms with Gasteiger partial charge in [0.05, 0.1) is 26.6 Å². The molecule has 0 saturated carbocycles. The van der Waals surface area contributed by atoms with Gasteiger partial charge in [0.1, 0.15) is 17.6 Å². The molecule has 2 rings (SSSR count). The summed E-state index contributed by atoms with van der Waals surface area (Å²) in [6.45, 7) is 3.21. The van der Waals surface area contributed by atoms with Gasteiger partial charge in [0.2, 0.25) is 11.8 Å². The second-order valence-electron chi connectivity index (χ2n) is 5.82. The maximum Gasteiger partial charge on any atom is 0.307 e. The third-order valence-electron chi connectivity index (χ3n) is 3.98. The molecular formula is C16H23N3O5. The van der Waals surface area contributed by atoms with Crippen LogP contribution in [0.15, 0.2) is 16.5 Å². The zero-order valence-corrected chi connectivity index (χ0v) is 14.2. The van der Waals surface area contributed by atoms with Crippen LogP contribution in [0.25, 0.3) is 0 Å². The zero-order chi connectivity index (χ0) is 17.7. The maximum absolute atomic E-state index is 12.4. The first-order valence-electron chi connectivity index (χ1n) is 7.78. The van der Waals surface area contributed by atoms with Crippen LogP contribution in [-0.4, -0.2) is 67.4 Å². The number of carbonyl (C=O) groups is 3. The number of piperazine rings is 1. The highest BCUT2D eigenvalue weighted by atomic mass is 16.5. The van der Waals surface area contributed by atoms with Crippen molar-refractivity contribution >= 4 is 17.8 Å². The Labute approximate surface area is 140 Å². The standard InChI is InChI=1S/C16H23N3O5/c1-11-4-5-12(24-11)9-18(2)14(20)10-19-7-6-17-16(22)13(19)8-15(21)23-3/h4-5,13H,6-10H2,1-3H3,(H,17,22). The Bertz CT molecular complexity index is 613. The van der Waals surface area contributed by atoms with E-state index in [1.807, 2.05) is 19.1 Å². The minimum absolute atomic E-state index is 0.0608. The molecule has 2 heterocycles. The van der Waals surface area contributed by atoms with Crippen LogP contribution >= 0.6 is 0 Å². The number of nitrogens with zero attached hydrogens (tertiary/aromatic N) is 2. The average Bonchev–Trinajstić information content (AvgIpc) is 2.95. The number of furan rings is 1. The van der Waals surface area contributed by atoms with Crippen molar-refractivity contribution in [2.24, 2.45) is 0 Å². The van der Waals surface area contributed by atoms with E-state index in [1.165, 1.54) is 7.11 Å². The minimum atomic E-state index is -0.686. The first-order valence-corrected chi connectivity index (χ1v) is 7.78. The van der Waals surface area contributed by atoms with E-state index >= 15 is 0 Å². The lowest BCUT2D eigenvalue weighted by Gasteiger charge is -2.34. The number of aryl methyl sites for hydroxylation is 1. The zero-order valence-electron chi connectivity index (χ0n) is 14.2. The summed E-state index contributed by atoms with van der Waals surface area (Å²) in [4.78, 5) is 39.2. The van der Waals surface area contributed by atoms with Crippen LogP contribution < -0.4 is 5.32 Å². The van der Waals surface area contributed by atoms with E-state index in [0.717, 1.165) is 5.76 Å². The Kier molecular flexibility index (Phi) is 5.97. The van der Waals surface area contributed by atoms with E-state index in [4.69, 9.17) is 4.42 Å². The molecule has 24 heavy (non-hydrogen) atoms. The summed E-state index contributed by atoms with van der Waals surface area (Å²) in [5.41, 5.74) is 0.